The molecule has 0 bridgehead atoms. The van der Waals surface area contributed by atoms with Gasteiger partial charge in [-0.3, -0.25) is 19.4 Å². The van der Waals surface area contributed by atoms with Crippen LogP contribution in [0.4, 0.5) is 0 Å². The molecular weight excluding hydrogens is 394 g/mol. The van der Waals surface area contributed by atoms with E-state index in [-0.39, 0.29) is 30.0 Å². The summed E-state index contributed by atoms with van der Waals surface area (Å²) in [5.41, 5.74) is 2.14. The highest BCUT2D eigenvalue weighted by Crippen LogP contribution is 2.27. The maximum Gasteiger partial charge on any atom is 0.253 e. The van der Waals surface area contributed by atoms with E-state index in [2.05, 4.69) is 15.6 Å². The first-order valence-electron chi connectivity index (χ1n) is 10.7. The molecule has 1 aromatic heterocycles. The summed E-state index contributed by atoms with van der Waals surface area (Å²) < 4.78 is 5.57. The maximum absolute atomic E-state index is 13.3. The Kier molecular flexibility index (Phi) is 6.25. The van der Waals surface area contributed by atoms with Gasteiger partial charge in [-0.15, -0.1) is 0 Å². The predicted octanol–water partition coefficient (Wildman–Crippen LogP) is 2.02. The van der Waals surface area contributed by atoms with E-state index in [9.17, 15) is 14.4 Å². The van der Waals surface area contributed by atoms with Crippen molar-refractivity contribution in [1.29, 1.82) is 0 Å². The van der Waals surface area contributed by atoms with Gasteiger partial charge in [0.05, 0.1) is 35.4 Å². The molecule has 0 radical (unpaired) electrons. The number of pyridine rings is 1. The van der Waals surface area contributed by atoms with Crippen LogP contribution in [0.3, 0.4) is 0 Å². The molecule has 1 amide bonds. The molecule has 162 valence electrons. The fraction of sp³-hybridized carbons (Fsp3) is 0.417. The molecule has 2 saturated heterocycles. The second-order valence-electron chi connectivity index (χ2n) is 8.59. The highest BCUT2D eigenvalue weighted by Gasteiger charge is 2.49. The summed E-state index contributed by atoms with van der Waals surface area (Å²) in [6.45, 7) is 4.44. The highest BCUT2D eigenvalue weighted by atomic mass is 16.5. The van der Waals surface area contributed by atoms with Gasteiger partial charge in [-0.2, -0.15) is 0 Å². The zero-order valence-corrected chi connectivity index (χ0v) is 17.7. The van der Waals surface area contributed by atoms with Crippen LogP contribution in [-0.4, -0.2) is 53.8 Å². The van der Waals surface area contributed by atoms with E-state index in [4.69, 9.17) is 4.74 Å². The van der Waals surface area contributed by atoms with Crippen molar-refractivity contribution < 1.29 is 19.1 Å². The molecule has 4 atom stereocenters. The number of ether oxygens (including phenoxy) is 1. The van der Waals surface area contributed by atoms with Gasteiger partial charge in [-0.05, 0) is 24.5 Å². The van der Waals surface area contributed by atoms with Crippen LogP contribution in [0.5, 0.6) is 0 Å². The quantitative estimate of drug-likeness (QED) is 0.710. The number of carbonyl (C=O) groups is 3. The summed E-state index contributed by atoms with van der Waals surface area (Å²) in [6, 6.07) is 12.2. The van der Waals surface area contributed by atoms with Gasteiger partial charge < -0.3 is 15.4 Å². The van der Waals surface area contributed by atoms with Crippen molar-refractivity contribution in [3.05, 3.63) is 54.2 Å². The molecule has 31 heavy (non-hydrogen) atoms. The molecule has 2 aliphatic heterocycles. The molecule has 4 rings (SSSR count). The number of Topliss-reactive ketones (excluding diaryl/α,β-unsaturated/α-hetero) is 2. The minimum absolute atomic E-state index is 0.0191. The standard InChI is InChI=1S/C24H27N3O4/c1-14(2)10-19(22(29)17-12-26-21-20(28)13-31-23(17)21)27-24(30)16-8-9-18(25-11-16)15-6-4-3-5-7-15/h3-9,11,14,17,19,21,23,26H,10,12-13H2,1-2H3,(H,27,30). The van der Waals surface area contributed by atoms with E-state index >= 15 is 0 Å². The van der Waals surface area contributed by atoms with E-state index in [1.165, 1.54) is 6.20 Å². The van der Waals surface area contributed by atoms with Crippen molar-refractivity contribution in [2.24, 2.45) is 11.8 Å². The first kappa shape index (κ1) is 21.3. The Balaban J connectivity index is 1.47. The van der Waals surface area contributed by atoms with Gasteiger partial charge in [-0.25, -0.2) is 0 Å². The lowest BCUT2D eigenvalue weighted by molar-refractivity contribution is -0.128. The summed E-state index contributed by atoms with van der Waals surface area (Å²) in [5.74, 6) is -0.680. The molecule has 7 heteroatoms. The molecular formula is C24H27N3O4. The zero-order valence-electron chi connectivity index (χ0n) is 17.7. The highest BCUT2D eigenvalue weighted by molar-refractivity contribution is 5.99. The molecule has 0 spiro atoms. The third-order valence-electron chi connectivity index (χ3n) is 5.86. The smallest absolute Gasteiger partial charge is 0.253 e. The minimum atomic E-state index is -0.647. The van der Waals surface area contributed by atoms with Gasteiger partial charge in [0.2, 0.25) is 0 Å². The third kappa shape index (κ3) is 4.57. The number of nitrogens with one attached hydrogen (secondary N) is 2. The molecule has 2 aliphatic rings. The lowest BCUT2D eigenvalue weighted by Crippen LogP contribution is -2.47. The van der Waals surface area contributed by atoms with E-state index in [0.29, 0.717) is 18.5 Å². The van der Waals surface area contributed by atoms with Crippen LogP contribution in [0.2, 0.25) is 0 Å². The SMILES string of the molecule is CC(C)CC(NC(=O)c1ccc(-c2ccccc2)nc1)C(=O)C1CNC2C(=O)COC12. The number of hydrogen-bond donors (Lipinski definition) is 2. The lowest BCUT2D eigenvalue weighted by atomic mass is 9.88. The Labute approximate surface area is 181 Å². The van der Waals surface area contributed by atoms with Crippen LogP contribution in [0.1, 0.15) is 30.6 Å². The summed E-state index contributed by atoms with van der Waals surface area (Å²) in [5, 5.41) is 5.99. The fourth-order valence-electron chi connectivity index (χ4n) is 4.28. The van der Waals surface area contributed by atoms with Crippen LogP contribution in [-0.2, 0) is 14.3 Å². The normalized spacial score (nSPS) is 23.6. The monoisotopic (exact) mass is 421 g/mol. The van der Waals surface area contributed by atoms with Crippen LogP contribution in [0, 0.1) is 11.8 Å². The molecule has 3 heterocycles. The first-order chi connectivity index (χ1) is 14.9. The minimum Gasteiger partial charge on any atom is -0.367 e. The summed E-state index contributed by atoms with van der Waals surface area (Å²) >= 11 is 0. The van der Waals surface area contributed by atoms with Gasteiger partial charge >= 0.3 is 0 Å². The maximum atomic E-state index is 13.3. The molecule has 7 nitrogen and oxygen atoms in total. The predicted molar refractivity (Wildman–Crippen MR) is 115 cm³/mol. The topological polar surface area (TPSA) is 97.4 Å². The average Bonchev–Trinajstić information content (AvgIpc) is 3.36. The number of benzene rings is 1. The molecule has 2 fully saturated rings. The van der Waals surface area contributed by atoms with Crippen LogP contribution in [0.25, 0.3) is 11.3 Å². The van der Waals surface area contributed by atoms with E-state index < -0.39 is 24.1 Å². The van der Waals surface area contributed by atoms with Crippen molar-refractivity contribution in [1.82, 2.24) is 15.6 Å². The van der Waals surface area contributed by atoms with Crippen LogP contribution < -0.4 is 10.6 Å². The largest absolute Gasteiger partial charge is 0.367 e. The summed E-state index contributed by atoms with van der Waals surface area (Å²) in [6.07, 6.45) is 1.60. The van der Waals surface area contributed by atoms with Gasteiger partial charge in [0.1, 0.15) is 6.61 Å². The third-order valence-corrected chi connectivity index (χ3v) is 5.86. The van der Waals surface area contributed by atoms with Gasteiger partial charge in [-0.1, -0.05) is 44.2 Å². The number of hydrogen-bond acceptors (Lipinski definition) is 6. The van der Waals surface area contributed by atoms with E-state index in [0.717, 1.165) is 11.3 Å². The van der Waals surface area contributed by atoms with Crippen LogP contribution in [0.15, 0.2) is 48.7 Å². The number of rotatable bonds is 7. The summed E-state index contributed by atoms with van der Waals surface area (Å²) in [4.78, 5) is 42.4. The number of amides is 1. The van der Waals surface area contributed by atoms with Crippen molar-refractivity contribution >= 4 is 17.5 Å². The molecule has 0 aliphatic carbocycles. The Morgan fingerprint density at radius 2 is 1.97 bits per heavy atom. The van der Waals surface area contributed by atoms with Gasteiger partial charge in [0, 0.05) is 18.3 Å². The molecule has 0 saturated carbocycles. The van der Waals surface area contributed by atoms with Crippen LogP contribution >= 0.6 is 0 Å². The first-order valence-corrected chi connectivity index (χ1v) is 10.7. The van der Waals surface area contributed by atoms with Gasteiger partial charge in [0.15, 0.2) is 11.6 Å². The number of fused-ring (bicyclic) bond motifs is 1. The Morgan fingerprint density at radius 3 is 2.65 bits per heavy atom. The van der Waals surface area contributed by atoms with Crippen molar-refractivity contribution in [3.8, 4) is 11.3 Å². The van der Waals surface area contributed by atoms with Crippen molar-refractivity contribution in [2.75, 3.05) is 13.2 Å². The summed E-state index contributed by atoms with van der Waals surface area (Å²) in [7, 11) is 0. The molecule has 4 unspecified atom stereocenters. The average molecular weight is 421 g/mol. The number of carbonyl (C=O) groups excluding carboxylic acids is 3. The van der Waals surface area contributed by atoms with Crippen molar-refractivity contribution in [3.63, 3.8) is 0 Å². The zero-order chi connectivity index (χ0) is 22.0. The molecule has 1 aromatic carbocycles. The Morgan fingerprint density at radius 1 is 1.19 bits per heavy atom. The number of nitrogens with zero attached hydrogens (tertiary/aromatic N) is 1. The number of ketones is 2. The van der Waals surface area contributed by atoms with E-state index in [1.54, 1.807) is 12.1 Å². The molecule has 2 aromatic rings. The van der Waals surface area contributed by atoms with E-state index in [1.807, 2.05) is 44.2 Å². The Hall–Kier alpha value is -2.90. The van der Waals surface area contributed by atoms with Crippen molar-refractivity contribution in [2.45, 2.75) is 38.5 Å². The number of aromatic nitrogens is 1. The molecule has 2 N–H and O–H groups in total. The Bertz CT molecular complexity index is 959. The second-order valence-corrected chi connectivity index (χ2v) is 8.59. The lowest BCUT2D eigenvalue weighted by Gasteiger charge is -2.24. The van der Waals surface area contributed by atoms with Gasteiger partial charge in [0.25, 0.3) is 5.91 Å². The fourth-order valence-corrected chi connectivity index (χ4v) is 4.28. The second kappa shape index (κ2) is 9.08.